The van der Waals surface area contributed by atoms with Crippen molar-refractivity contribution >= 4 is 45.0 Å². The fourth-order valence-corrected chi connectivity index (χ4v) is 3.61. The van der Waals surface area contributed by atoms with Crippen LogP contribution < -0.4 is 25.4 Å². The summed E-state index contributed by atoms with van der Waals surface area (Å²) in [6.07, 6.45) is -0.0357. The first kappa shape index (κ1) is 18.3. The van der Waals surface area contributed by atoms with Gasteiger partial charge in [-0.15, -0.1) is 0 Å². The zero-order valence-corrected chi connectivity index (χ0v) is 16.2. The van der Waals surface area contributed by atoms with Crippen LogP contribution in [0.15, 0.2) is 40.9 Å². The molecule has 3 amide bonds. The number of nitrogens with two attached hydrogens (primary N) is 1. The number of ether oxygens (including phenoxy) is 2. The molecule has 0 saturated heterocycles. The van der Waals surface area contributed by atoms with Crippen molar-refractivity contribution in [2.45, 2.75) is 12.5 Å². The van der Waals surface area contributed by atoms with Crippen LogP contribution in [-0.2, 0) is 9.59 Å². The summed E-state index contributed by atoms with van der Waals surface area (Å²) < 4.78 is 11.9. The van der Waals surface area contributed by atoms with Crippen LogP contribution in [0.3, 0.4) is 0 Å². The largest absolute Gasteiger partial charge is 0.489 e. The number of hydrogen-bond acceptors (Lipinski definition) is 5. The molecular formula is C19H16BrN3O5. The number of anilines is 2. The molecular weight excluding hydrogens is 430 g/mol. The summed E-state index contributed by atoms with van der Waals surface area (Å²) in [5, 5.41) is 2.69. The van der Waals surface area contributed by atoms with Crippen LogP contribution in [0.25, 0.3) is 0 Å². The van der Waals surface area contributed by atoms with Gasteiger partial charge in [0.2, 0.25) is 5.91 Å². The molecule has 9 heteroatoms. The molecule has 0 aromatic heterocycles. The van der Waals surface area contributed by atoms with E-state index in [9.17, 15) is 14.4 Å². The molecule has 2 aromatic rings. The third kappa shape index (κ3) is 3.40. The lowest BCUT2D eigenvalue weighted by molar-refractivity contribution is -0.119. The molecule has 0 bridgehead atoms. The van der Waals surface area contributed by atoms with Crippen LogP contribution in [0.1, 0.15) is 16.8 Å². The summed E-state index contributed by atoms with van der Waals surface area (Å²) in [4.78, 5) is 38.0. The molecule has 0 aliphatic carbocycles. The second kappa shape index (κ2) is 7.16. The van der Waals surface area contributed by atoms with Gasteiger partial charge in [-0.25, -0.2) is 0 Å². The average Bonchev–Trinajstić information content (AvgIpc) is 2.66. The van der Waals surface area contributed by atoms with Crippen molar-refractivity contribution < 1.29 is 23.9 Å². The number of hydrogen-bond donors (Lipinski definition) is 2. The van der Waals surface area contributed by atoms with Gasteiger partial charge >= 0.3 is 0 Å². The van der Waals surface area contributed by atoms with Gasteiger partial charge in [0.15, 0.2) is 6.61 Å². The minimum absolute atomic E-state index is 0.0357. The fraction of sp³-hybridized carbons (Fsp3) is 0.211. The molecule has 1 atom stereocenters. The van der Waals surface area contributed by atoms with E-state index in [0.29, 0.717) is 28.4 Å². The van der Waals surface area contributed by atoms with Crippen LogP contribution in [0.5, 0.6) is 11.5 Å². The van der Waals surface area contributed by atoms with Crippen LogP contribution in [0, 0.1) is 0 Å². The Morgan fingerprint density at radius 2 is 2.00 bits per heavy atom. The number of nitrogens with one attached hydrogen (secondary N) is 1. The molecule has 2 aliphatic rings. The summed E-state index contributed by atoms with van der Waals surface area (Å²) >= 11 is 3.38. The molecule has 2 aromatic carbocycles. The lowest BCUT2D eigenvalue weighted by Gasteiger charge is -2.36. The minimum Gasteiger partial charge on any atom is -0.489 e. The lowest BCUT2D eigenvalue weighted by atomic mass is 10.0. The molecule has 2 heterocycles. The number of benzene rings is 2. The summed E-state index contributed by atoms with van der Waals surface area (Å²) in [5.41, 5.74) is 6.69. The first-order valence-electron chi connectivity index (χ1n) is 8.53. The normalized spacial score (nSPS) is 17.5. The number of halogens is 1. The maximum Gasteiger partial charge on any atom is 0.262 e. The number of nitrogens with zero attached hydrogens (tertiary/aromatic N) is 1. The number of amides is 3. The molecule has 0 radical (unpaired) electrons. The Morgan fingerprint density at radius 3 is 2.79 bits per heavy atom. The number of primary amides is 1. The van der Waals surface area contributed by atoms with Crippen molar-refractivity contribution in [1.82, 2.24) is 0 Å². The van der Waals surface area contributed by atoms with Gasteiger partial charge in [-0.2, -0.15) is 0 Å². The summed E-state index contributed by atoms with van der Waals surface area (Å²) in [6, 6.07) is 9.56. The first-order chi connectivity index (χ1) is 13.4. The number of fused-ring (bicyclic) bond motifs is 2. The Bertz CT molecular complexity index is 994. The molecule has 0 saturated carbocycles. The van der Waals surface area contributed by atoms with Crippen molar-refractivity contribution in [2.24, 2.45) is 5.73 Å². The topological polar surface area (TPSA) is 111 Å². The third-order valence-electron chi connectivity index (χ3n) is 4.49. The highest BCUT2D eigenvalue weighted by molar-refractivity contribution is 9.10. The fourth-order valence-electron chi connectivity index (χ4n) is 3.27. The van der Waals surface area contributed by atoms with Gasteiger partial charge in [0, 0.05) is 10.0 Å². The molecule has 0 spiro atoms. The van der Waals surface area contributed by atoms with E-state index >= 15 is 0 Å². The molecule has 4 rings (SSSR count). The average molecular weight is 446 g/mol. The van der Waals surface area contributed by atoms with Gasteiger partial charge < -0.3 is 20.5 Å². The van der Waals surface area contributed by atoms with Crippen LogP contribution >= 0.6 is 15.9 Å². The van der Waals surface area contributed by atoms with Crippen LogP contribution in [0.4, 0.5) is 11.4 Å². The van der Waals surface area contributed by atoms with Gasteiger partial charge in [0.25, 0.3) is 11.8 Å². The highest BCUT2D eigenvalue weighted by Gasteiger charge is 2.34. The maximum absolute atomic E-state index is 13.4. The van der Waals surface area contributed by atoms with Crippen molar-refractivity contribution in [1.29, 1.82) is 0 Å². The van der Waals surface area contributed by atoms with E-state index in [0.717, 1.165) is 4.47 Å². The molecule has 144 valence electrons. The van der Waals surface area contributed by atoms with E-state index in [1.807, 2.05) is 0 Å². The molecule has 0 fully saturated rings. The lowest BCUT2D eigenvalue weighted by Crippen LogP contribution is -2.48. The predicted octanol–water partition coefficient (Wildman–Crippen LogP) is 2.06. The van der Waals surface area contributed by atoms with E-state index in [1.165, 1.54) is 4.90 Å². The quantitative estimate of drug-likeness (QED) is 0.750. The Labute approximate surface area is 168 Å². The Balaban J connectivity index is 1.74. The summed E-state index contributed by atoms with van der Waals surface area (Å²) in [6.45, 7) is 0.0790. The zero-order chi connectivity index (χ0) is 19.8. The zero-order valence-electron chi connectivity index (χ0n) is 14.6. The number of carbonyl (C=O) groups is 3. The second-order valence-corrected chi connectivity index (χ2v) is 7.39. The third-order valence-corrected chi connectivity index (χ3v) is 4.99. The van der Waals surface area contributed by atoms with Gasteiger partial charge in [-0.3, -0.25) is 19.3 Å². The summed E-state index contributed by atoms with van der Waals surface area (Å²) in [5.74, 6) is -0.127. The first-order valence-corrected chi connectivity index (χ1v) is 9.32. The smallest absolute Gasteiger partial charge is 0.262 e. The maximum atomic E-state index is 13.4. The monoisotopic (exact) mass is 445 g/mol. The van der Waals surface area contributed by atoms with Gasteiger partial charge in [-0.1, -0.05) is 15.9 Å². The molecule has 8 nitrogen and oxygen atoms in total. The van der Waals surface area contributed by atoms with Crippen LogP contribution in [-0.4, -0.2) is 37.0 Å². The SMILES string of the molecule is NC(=O)C[C@@H]1COc2cc(Br)ccc2N1C(=O)c1ccc2c(c1)NC(=O)CO2. The van der Waals surface area contributed by atoms with Gasteiger partial charge in [0.05, 0.1) is 23.8 Å². The predicted molar refractivity (Wildman–Crippen MR) is 105 cm³/mol. The van der Waals surface area contributed by atoms with Crippen molar-refractivity contribution in [3.8, 4) is 11.5 Å². The molecule has 28 heavy (non-hydrogen) atoms. The molecule has 2 aliphatic heterocycles. The highest BCUT2D eigenvalue weighted by atomic mass is 79.9. The van der Waals surface area contributed by atoms with E-state index in [-0.39, 0.29) is 31.4 Å². The second-order valence-electron chi connectivity index (χ2n) is 6.47. The molecule has 3 N–H and O–H groups in total. The van der Waals surface area contributed by atoms with Crippen LogP contribution in [0.2, 0.25) is 0 Å². The van der Waals surface area contributed by atoms with E-state index < -0.39 is 11.9 Å². The van der Waals surface area contributed by atoms with E-state index in [4.69, 9.17) is 15.2 Å². The minimum atomic E-state index is -0.541. The van der Waals surface area contributed by atoms with Crippen molar-refractivity contribution in [3.05, 3.63) is 46.4 Å². The van der Waals surface area contributed by atoms with Crippen molar-refractivity contribution in [2.75, 3.05) is 23.4 Å². The van der Waals surface area contributed by atoms with Gasteiger partial charge in [-0.05, 0) is 36.4 Å². The highest BCUT2D eigenvalue weighted by Crippen LogP contribution is 2.38. The Hall–Kier alpha value is -3.07. The van der Waals surface area contributed by atoms with Crippen molar-refractivity contribution in [3.63, 3.8) is 0 Å². The van der Waals surface area contributed by atoms with E-state index in [1.54, 1.807) is 36.4 Å². The van der Waals surface area contributed by atoms with Gasteiger partial charge in [0.1, 0.15) is 18.1 Å². The molecule has 0 unspecified atom stereocenters. The summed E-state index contributed by atoms with van der Waals surface area (Å²) in [7, 11) is 0. The Morgan fingerprint density at radius 1 is 1.18 bits per heavy atom. The number of rotatable bonds is 3. The standard InChI is InChI=1S/C19H16BrN3O5/c20-11-2-3-14-16(6-11)27-8-12(7-17(21)24)23(14)19(26)10-1-4-15-13(5-10)22-18(25)9-28-15/h1-6,12H,7-9H2,(H2,21,24)(H,22,25)/t12-/m1/s1. The Kier molecular flexibility index (Phi) is 4.68. The number of carbonyl (C=O) groups excluding carboxylic acids is 3. The van der Waals surface area contributed by atoms with E-state index in [2.05, 4.69) is 21.2 Å².